The fourth-order valence-corrected chi connectivity index (χ4v) is 4.99. The highest BCUT2D eigenvalue weighted by Gasteiger charge is 2.32. The summed E-state index contributed by atoms with van der Waals surface area (Å²) in [7, 11) is 0. The lowest BCUT2D eigenvalue weighted by Crippen LogP contribution is -2.55. The van der Waals surface area contributed by atoms with E-state index in [9.17, 15) is 24.0 Å². The molecule has 0 aliphatic heterocycles. The molecule has 0 aliphatic rings. The molecular weight excluding hydrogens is 610 g/mol. The Morgan fingerprint density at radius 1 is 0.792 bits per heavy atom. The van der Waals surface area contributed by atoms with Gasteiger partial charge in [0.1, 0.15) is 17.8 Å². The number of amides is 5. The van der Waals surface area contributed by atoms with E-state index < -0.39 is 35.8 Å². The van der Waals surface area contributed by atoms with Gasteiger partial charge in [-0.25, -0.2) is 4.98 Å². The molecule has 0 saturated heterocycles. The molecule has 1 aromatic heterocycles. The summed E-state index contributed by atoms with van der Waals surface area (Å²) in [6, 6.07) is 9.19. The smallest absolute Gasteiger partial charge is 0.267 e. The molecule has 0 spiro atoms. The molecule has 0 fully saturated rings. The average Bonchev–Trinajstić information content (AvgIpc) is 3.06. The molecule has 0 radical (unpaired) electrons. The number of H-pyrrole nitrogens is 1. The molecule has 0 saturated carbocycles. The lowest BCUT2D eigenvalue weighted by atomic mass is 9.96. The van der Waals surface area contributed by atoms with Gasteiger partial charge in [0.25, 0.3) is 11.8 Å². The first-order chi connectivity index (χ1) is 22.8. The van der Waals surface area contributed by atoms with Gasteiger partial charge in [-0.3, -0.25) is 24.0 Å². The van der Waals surface area contributed by atoms with Crippen molar-refractivity contribution in [2.24, 2.45) is 11.8 Å². The maximum absolute atomic E-state index is 13.9. The number of aromatic amines is 1. The summed E-state index contributed by atoms with van der Waals surface area (Å²) in [5.41, 5.74) is 1.87. The zero-order valence-electron chi connectivity index (χ0n) is 29.5. The SMILES string of the molecule is CCNC(=O)C(NC(=O)[C@H](C)NC[C@H](CC(C)C)NC(=O)[C@@H](NC(=O)[C@@H](NC(=O)c1cc[nH+]cc1)[C@@H](C)CC)c1ccccc1)=C(C)C. The Morgan fingerprint density at radius 3 is 2.00 bits per heavy atom. The van der Waals surface area contributed by atoms with Crippen LogP contribution in [0.15, 0.2) is 66.1 Å². The van der Waals surface area contributed by atoms with Crippen LogP contribution in [0.25, 0.3) is 0 Å². The molecule has 7 N–H and O–H groups in total. The highest BCUT2D eigenvalue weighted by atomic mass is 16.2. The molecule has 262 valence electrons. The maximum atomic E-state index is 13.9. The molecule has 12 heteroatoms. The van der Waals surface area contributed by atoms with E-state index in [2.05, 4.69) is 36.9 Å². The van der Waals surface area contributed by atoms with E-state index in [-0.39, 0.29) is 41.9 Å². The second kappa shape index (κ2) is 19.9. The van der Waals surface area contributed by atoms with Gasteiger partial charge in [0.05, 0.1) is 11.6 Å². The van der Waals surface area contributed by atoms with Gasteiger partial charge in [-0.05, 0) is 57.1 Å². The third kappa shape index (κ3) is 12.6. The van der Waals surface area contributed by atoms with E-state index in [0.717, 1.165) is 0 Å². The van der Waals surface area contributed by atoms with Crippen LogP contribution in [0.1, 0.15) is 90.2 Å². The first kappa shape index (κ1) is 39.6. The Bertz CT molecular complexity index is 1390. The van der Waals surface area contributed by atoms with Crippen LogP contribution in [0.2, 0.25) is 0 Å². The van der Waals surface area contributed by atoms with Crippen LogP contribution in [0.5, 0.6) is 0 Å². The molecule has 0 aliphatic carbocycles. The summed E-state index contributed by atoms with van der Waals surface area (Å²) >= 11 is 0. The standard InChI is InChI=1S/C36H53N7O5/c1-9-24(7)30(42-33(45)27-16-18-37-19-17-27)35(47)43-31(26-14-12-11-13-15-26)36(48)40-28(20-22(3)4)21-39-25(8)32(44)41-29(23(5)6)34(46)38-10-2/h11-19,22,24-25,28,30-31,39H,9-10,20-21H2,1-8H3,(H,38,46)(H,40,48)(H,41,44)(H,42,45)(H,43,47)/p+1/t24-,25-,28-,30-,31-/m0/s1. The van der Waals surface area contributed by atoms with Crippen LogP contribution in [-0.2, 0) is 19.2 Å². The quantitative estimate of drug-likeness (QED) is 0.134. The number of benzene rings is 1. The summed E-state index contributed by atoms with van der Waals surface area (Å²) in [5, 5.41) is 17.4. The third-order valence-corrected chi connectivity index (χ3v) is 7.92. The van der Waals surface area contributed by atoms with Crippen molar-refractivity contribution >= 4 is 29.5 Å². The van der Waals surface area contributed by atoms with Gasteiger partial charge in [0, 0.05) is 31.3 Å². The zero-order valence-corrected chi connectivity index (χ0v) is 29.5. The zero-order chi connectivity index (χ0) is 35.8. The fraction of sp³-hybridized carbons (Fsp3) is 0.500. The van der Waals surface area contributed by atoms with Crippen LogP contribution in [0.4, 0.5) is 0 Å². The van der Waals surface area contributed by atoms with Crippen LogP contribution >= 0.6 is 0 Å². The van der Waals surface area contributed by atoms with E-state index in [1.54, 1.807) is 76.5 Å². The van der Waals surface area contributed by atoms with Crippen molar-refractivity contribution in [2.45, 2.75) is 92.4 Å². The van der Waals surface area contributed by atoms with Crippen molar-refractivity contribution in [3.63, 3.8) is 0 Å². The topological polar surface area (TPSA) is 172 Å². The number of aromatic nitrogens is 1. The average molecular weight is 665 g/mol. The number of hydrogen-bond acceptors (Lipinski definition) is 6. The van der Waals surface area contributed by atoms with Gasteiger partial charge in [0.2, 0.25) is 17.7 Å². The number of pyridine rings is 1. The van der Waals surface area contributed by atoms with Crippen molar-refractivity contribution in [1.29, 1.82) is 0 Å². The van der Waals surface area contributed by atoms with Crippen molar-refractivity contribution in [1.82, 2.24) is 31.9 Å². The monoisotopic (exact) mass is 664 g/mol. The number of nitrogens with one attached hydrogen (secondary N) is 7. The normalized spacial score (nSPS) is 14.0. The van der Waals surface area contributed by atoms with Crippen molar-refractivity contribution < 1.29 is 29.0 Å². The van der Waals surface area contributed by atoms with Gasteiger partial charge < -0.3 is 31.9 Å². The van der Waals surface area contributed by atoms with Crippen LogP contribution < -0.4 is 36.9 Å². The molecule has 1 aromatic carbocycles. The number of allylic oxidation sites excluding steroid dienone is 1. The number of hydrogen-bond donors (Lipinski definition) is 6. The van der Waals surface area contributed by atoms with Gasteiger partial charge in [-0.1, -0.05) is 64.4 Å². The van der Waals surface area contributed by atoms with E-state index in [4.69, 9.17) is 0 Å². The number of carbonyl (C=O) groups excluding carboxylic acids is 5. The predicted molar refractivity (Wildman–Crippen MR) is 185 cm³/mol. The van der Waals surface area contributed by atoms with E-state index >= 15 is 0 Å². The Labute approximate surface area is 284 Å². The first-order valence-corrected chi connectivity index (χ1v) is 16.7. The number of likely N-dealkylation sites (N-methyl/N-ethyl adjacent to an activating group) is 1. The third-order valence-electron chi connectivity index (χ3n) is 7.92. The molecule has 48 heavy (non-hydrogen) atoms. The first-order valence-electron chi connectivity index (χ1n) is 16.7. The minimum atomic E-state index is -1.04. The molecule has 0 unspecified atom stereocenters. The number of rotatable bonds is 18. The van der Waals surface area contributed by atoms with Gasteiger partial charge in [-0.15, -0.1) is 0 Å². The van der Waals surface area contributed by atoms with E-state index in [1.807, 2.05) is 33.8 Å². The molecule has 1 heterocycles. The maximum Gasteiger partial charge on any atom is 0.267 e. The minimum Gasteiger partial charge on any atom is -0.351 e. The molecule has 2 rings (SSSR count). The second-order valence-electron chi connectivity index (χ2n) is 12.7. The molecule has 5 atom stereocenters. The predicted octanol–water partition coefficient (Wildman–Crippen LogP) is 2.56. The molecular formula is C36H54N7O5+. The van der Waals surface area contributed by atoms with E-state index in [0.29, 0.717) is 36.1 Å². The summed E-state index contributed by atoms with van der Waals surface area (Å²) < 4.78 is 0. The summed E-state index contributed by atoms with van der Waals surface area (Å²) in [4.78, 5) is 69.0. The highest BCUT2D eigenvalue weighted by Crippen LogP contribution is 2.17. The molecule has 5 amide bonds. The fourth-order valence-electron chi connectivity index (χ4n) is 4.99. The Hall–Kier alpha value is -4.58. The summed E-state index contributed by atoms with van der Waals surface area (Å²) in [6.45, 7) is 15.6. The lowest BCUT2D eigenvalue weighted by Gasteiger charge is -2.29. The van der Waals surface area contributed by atoms with Gasteiger partial charge >= 0.3 is 0 Å². The van der Waals surface area contributed by atoms with Crippen molar-refractivity contribution in [3.8, 4) is 0 Å². The van der Waals surface area contributed by atoms with Gasteiger partial charge in [0.15, 0.2) is 12.4 Å². The van der Waals surface area contributed by atoms with Crippen LogP contribution in [0.3, 0.4) is 0 Å². The lowest BCUT2D eigenvalue weighted by molar-refractivity contribution is -0.378. The minimum absolute atomic E-state index is 0.207. The van der Waals surface area contributed by atoms with Crippen LogP contribution in [-0.4, -0.2) is 60.8 Å². The van der Waals surface area contributed by atoms with Gasteiger partial charge in [-0.2, -0.15) is 0 Å². The summed E-state index contributed by atoms with van der Waals surface area (Å²) in [5.74, 6) is -2.03. The summed E-state index contributed by atoms with van der Waals surface area (Å²) in [6.07, 6.45) is 4.48. The molecule has 12 nitrogen and oxygen atoms in total. The highest BCUT2D eigenvalue weighted by molar-refractivity contribution is 5.99. The Kier molecular flexibility index (Phi) is 16.4. The van der Waals surface area contributed by atoms with E-state index in [1.165, 1.54) is 0 Å². The Balaban J connectivity index is 2.23. The second-order valence-corrected chi connectivity index (χ2v) is 12.7. The number of carbonyl (C=O) groups is 5. The molecule has 2 aromatic rings. The van der Waals surface area contributed by atoms with Crippen LogP contribution in [0, 0.1) is 11.8 Å². The van der Waals surface area contributed by atoms with Crippen molar-refractivity contribution in [3.05, 3.63) is 77.3 Å². The largest absolute Gasteiger partial charge is 0.351 e. The Morgan fingerprint density at radius 2 is 1.44 bits per heavy atom. The molecule has 0 bridgehead atoms. The van der Waals surface area contributed by atoms with Crippen molar-refractivity contribution in [2.75, 3.05) is 13.1 Å².